The Morgan fingerprint density at radius 3 is 2.59 bits per heavy atom. The van der Waals surface area contributed by atoms with Crippen LogP contribution in [-0.4, -0.2) is 30.7 Å². The number of hydrogen-bond donors (Lipinski definition) is 1. The molecule has 1 amide bonds. The molecular weight excluding hydrogens is 382 g/mol. The van der Waals surface area contributed by atoms with Gasteiger partial charge < -0.3 is 5.32 Å². The normalized spacial score (nSPS) is 11.0. The van der Waals surface area contributed by atoms with Crippen LogP contribution < -0.4 is 10.9 Å². The smallest absolute Gasteiger partial charge is 0.281 e. The predicted octanol–water partition coefficient (Wildman–Crippen LogP) is 1.57. The lowest BCUT2D eigenvalue weighted by molar-refractivity contribution is -0.122. The van der Waals surface area contributed by atoms with E-state index in [0.717, 1.165) is 4.68 Å². The Labute approximate surface area is 162 Å². The fourth-order valence-electron chi connectivity index (χ4n) is 2.77. The van der Waals surface area contributed by atoms with E-state index in [1.165, 1.54) is 41.2 Å². The first kappa shape index (κ1) is 18.4. The Balaban J connectivity index is 1.53. The molecule has 0 fully saturated rings. The van der Waals surface area contributed by atoms with Crippen LogP contribution in [0.3, 0.4) is 0 Å². The third-order valence-electron chi connectivity index (χ3n) is 4.25. The molecule has 0 radical (unpaired) electrons. The number of carbonyl (C=O) groups excluding carboxylic acids is 1. The van der Waals surface area contributed by atoms with Crippen LogP contribution in [0.4, 0.5) is 8.78 Å². The van der Waals surface area contributed by atoms with Crippen LogP contribution in [-0.2, 0) is 17.9 Å². The van der Waals surface area contributed by atoms with Crippen LogP contribution in [0.25, 0.3) is 16.7 Å². The average Bonchev–Trinajstić information content (AvgIpc) is 3.15. The summed E-state index contributed by atoms with van der Waals surface area (Å²) >= 11 is 0. The highest BCUT2D eigenvalue weighted by Crippen LogP contribution is 2.13. The van der Waals surface area contributed by atoms with E-state index in [1.54, 1.807) is 18.2 Å². The molecule has 29 heavy (non-hydrogen) atoms. The maximum Gasteiger partial charge on any atom is 0.281 e. The van der Waals surface area contributed by atoms with Crippen LogP contribution in [0.2, 0.25) is 0 Å². The molecule has 2 heterocycles. The van der Waals surface area contributed by atoms with Gasteiger partial charge in [0.2, 0.25) is 5.91 Å². The Hall–Kier alpha value is -3.95. The summed E-state index contributed by atoms with van der Waals surface area (Å²) in [5.74, 6) is -1.35. The van der Waals surface area contributed by atoms with Crippen LogP contribution in [0.5, 0.6) is 0 Å². The highest BCUT2D eigenvalue weighted by Gasteiger charge is 2.15. The van der Waals surface area contributed by atoms with Gasteiger partial charge in [0.15, 0.2) is 5.65 Å². The van der Waals surface area contributed by atoms with Gasteiger partial charge in [-0.15, -0.1) is 5.10 Å². The Kier molecular flexibility index (Phi) is 4.82. The molecular formula is C19H14F2N6O2. The summed E-state index contributed by atoms with van der Waals surface area (Å²) in [6.45, 7) is -0.392. The van der Waals surface area contributed by atoms with Gasteiger partial charge in [0.05, 0.1) is 11.9 Å². The Bertz CT molecular complexity index is 1250. The van der Waals surface area contributed by atoms with Gasteiger partial charge in [-0.1, -0.05) is 23.4 Å². The number of carbonyl (C=O) groups is 1. The molecule has 0 aliphatic carbocycles. The zero-order valence-corrected chi connectivity index (χ0v) is 14.9. The summed E-state index contributed by atoms with van der Waals surface area (Å²) in [5.41, 5.74) is 0.472. The molecule has 4 aromatic rings. The summed E-state index contributed by atoms with van der Waals surface area (Å²) in [5, 5.41) is 14.5. The standard InChI is InChI=1S/C19H14F2N6O2/c20-13-5-7-14(8-6-13)27-18-15(10-23-27)19(29)26(25-24-18)11-17(28)22-9-12-3-1-2-4-16(12)21/h1-8,10H,9,11H2,(H,22,28). The number of halogens is 2. The molecule has 1 N–H and O–H groups in total. The Morgan fingerprint density at radius 2 is 1.83 bits per heavy atom. The summed E-state index contributed by atoms with van der Waals surface area (Å²) in [6, 6.07) is 11.6. The third-order valence-corrected chi connectivity index (χ3v) is 4.25. The van der Waals surface area contributed by atoms with E-state index in [0.29, 0.717) is 11.3 Å². The van der Waals surface area contributed by atoms with Gasteiger partial charge in [-0.3, -0.25) is 9.59 Å². The maximum absolute atomic E-state index is 13.6. The monoisotopic (exact) mass is 396 g/mol. The molecule has 0 aliphatic rings. The summed E-state index contributed by atoms with van der Waals surface area (Å²) in [4.78, 5) is 24.7. The molecule has 0 saturated carbocycles. The van der Waals surface area contributed by atoms with Crippen LogP contribution >= 0.6 is 0 Å². The lowest BCUT2D eigenvalue weighted by Gasteiger charge is -2.07. The number of amides is 1. The molecule has 0 saturated heterocycles. The number of aromatic nitrogens is 5. The van der Waals surface area contributed by atoms with Crippen molar-refractivity contribution < 1.29 is 13.6 Å². The molecule has 0 atom stereocenters. The molecule has 10 heteroatoms. The molecule has 146 valence electrons. The topological polar surface area (TPSA) is 94.7 Å². The van der Waals surface area contributed by atoms with Crippen molar-refractivity contribution in [2.75, 3.05) is 0 Å². The van der Waals surface area contributed by atoms with Crippen molar-refractivity contribution in [1.82, 2.24) is 30.1 Å². The van der Waals surface area contributed by atoms with Crippen molar-refractivity contribution in [3.63, 3.8) is 0 Å². The highest BCUT2D eigenvalue weighted by molar-refractivity contribution is 5.77. The minimum Gasteiger partial charge on any atom is -0.350 e. The number of nitrogens with zero attached hydrogens (tertiary/aromatic N) is 5. The second-order valence-corrected chi connectivity index (χ2v) is 6.19. The zero-order chi connectivity index (χ0) is 20.4. The first-order valence-corrected chi connectivity index (χ1v) is 8.60. The van der Waals surface area contributed by atoms with Gasteiger partial charge in [0.1, 0.15) is 23.6 Å². The molecule has 0 unspecified atom stereocenters. The number of nitrogens with one attached hydrogen (secondary N) is 1. The molecule has 2 aromatic carbocycles. The molecule has 0 bridgehead atoms. The first-order valence-electron chi connectivity index (χ1n) is 8.60. The van der Waals surface area contributed by atoms with Gasteiger partial charge in [-0.05, 0) is 30.3 Å². The van der Waals surface area contributed by atoms with Crippen molar-refractivity contribution in [2.24, 2.45) is 0 Å². The van der Waals surface area contributed by atoms with Gasteiger partial charge in [-0.25, -0.2) is 18.1 Å². The van der Waals surface area contributed by atoms with Crippen LogP contribution in [0.15, 0.2) is 59.5 Å². The van der Waals surface area contributed by atoms with E-state index in [4.69, 9.17) is 0 Å². The van der Waals surface area contributed by atoms with Crippen LogP contribution in [0.1, 0.15) is 5.56 Å². The summed E-state index contributed by atoms with van der Waals surface area (Å²) in [7, 11) is 0. The SMILES string of the molecule is O=C(Cn1nnc2c(cnn2-c2ccc(F)cc2)c1=O)NCc1ccccc1F. The number of hydrogen-bond acceptors (Lipinski definition) is 5. The van der Waals surface area contributed by atoms with E-state index in [1.807, 2.05) is 0 Å². The first-order chi connectivity index (χ1) is 14.0. The van der Waals surface area contributed by atoms with Gasteiger partial charge in [-0.2, -0.15) is 5.10 Å². The van der Waals surface area contributed by atoms with E-state index in [-0.39, 0.29) is 24.1 Å². The van der Waals surface area contributed by atoms with Crippen LogP contribution in [0, 0.1) is 11.6 Å². The van der Waals surface area contributed by atoms with Crippen molar-refractivity contribution in [3.8, 4) is 5.69 Å². The van der Waals surface area contributed by atoms with Crippen molar-refractivity contribution in [3.05, 3.63) is 82.3 Å². The lowest BCUT2D eigenvalue weighted by Crippen LogP contribution is -2.34. The van der Waals surface area contributed by atoms with Gasteiger partial charge >= 0.3 is 0 Å². The number of rotatable bonds is 5. The zero-order valence-electron chi connectivity index (χ0n) is 14.9. The third kappa shape index (κ3) is 3.72. The molecule has 0 spiro atoms. The van der Waals surface area contributed by atoms with Gasteiger partial charge in [0, 0.05) is 12.1 Å². The van der Waals surface area contributed by atoms with Crippen molar-refractivity contribution >= 4 is 16.9 Å². The van der Waals surface area contributed by atoms with E-state index >= 15 is 0 Å². The van der Waals surface area contributed by atoms with E-state index in [2.05, 4.69) is 20.7 Å². The highest BCUT2D eigenvalue weighted by atomic mass is 19.1. The largest absolute Gasteiger partial charge is 0.350 e. The second kappa shape index (κ2) is 7.58. The van der Waals surface area contributed by atoms with E-state index < -0.39 is 23.1 Å². The molecule has 2 aromatic heterocycles. The number of fused-ring (bicyclic) bond motifs is 1. The fraction of sp³-hybridized carbons (Fsp3) is 0.105. The minimum absolute atomic E-state index is 0.0154. The molecule has 0 aliphatic heterocycles. The van der Waals surface area contributed by atoms with Crippen molar-refractivity contribution in [1.29, 1.82) is 0 Å². The predicted molar refractivity (Wildman–Crippen MR) is 99.1 cm³/mol. The summed E-state index contributed by atoms with van der Waals surface area (Å²) < 4.78 is 29.0. The van der Waals surface area contributed by atoms with Gasteiger partial charge in [0.25, 0.3) is 5.56 Å². The molecule has 8 nitrogen and oxygen atoms in total. The lowest BCUT2D eigenvalue weighted by atomic mass is 10.2. The average molecular weight is 396 g/mol. The van der Waals surface area contributed by atoms with E-state index in [9.17, 15) is 18.4 Å². The summed E-state index contributed by atoms with van der Waals surface area (Å²) in [6.07, 6.45) is 1.31. The quantitative estimate of drug-likeness (QED) is 0.553. The number of benzene rings is 2. The molecule has 4 rings (SSSR count). The second-order valence-electron chi connectivity index (χ2n) is 6.19. The Morgan fingerprint density at radius 1 is 1.07 bits per heavy atom. The maximum atomic E-state index is 13.6. The minimum atomic E-state index is -0.551. The van der Waals surface area contributed by atoms with Crippen molar-refractivity contribution in [2.45, 2.75) is 13.1 Å². The fourth-order valence-corrected chi connectivity index (χ4v) is 2.77.